The van der Waals surface area contributed by atoms with Crippen molar-refractivity contribution >= 4 is 34.6 Å². The fourth-order valence-corrected chi connectivity index (χ4v) is 3.57. The molecule has 0 radical (unpaired) electrons. The standard InChI is InChI=1S/C17H23N5O4S/c1-20(13-3-5-14(6-4-13)26-11-15(23)25-2)17(24)22-12-27-16(19-22)21-9-7-18-8-10-21/h3-6,18H,7-12H2,1-2H3. The van der Waals surface area contributed by atoms with Crippen molar-refractivity contribution in [3.05, 3.63) is 24.3 Å². The normalized spacial score (nSPS) is 16.7. The molecule has 2 aliphatic rings. The Bertz CT molecular complexity index is 706. The van der Waals surface area contributed by atoms with Crippen LogP contribution in [0.25, 0.3) is 0 Å². The van der Waals surface area contributed by atoms with E-state index in [1.54, 1.807) is 43.1 Å². The molecule has 0 spiro atoms. The fraction of sp³-hybridized carbons (Fsp3) is 0.471. The van der Waals surface area contributed by atoms with Gasteiger partial charge in [0.1, 0.15) is 5.75 Å². The number of ether oxygens (including phenoxy) is 2. The number of thioether (sulfide) groups is 1. The predicted octanol–water partition coefficient (Wildman–Crippen LogP) is 0.977. The summed E-state index contributed by atoms with van der Waals surface area (Å²) < 4.78 is 9.84. The number of amidine groups is 1. The van der Waals surface area contributed by atoms with Gasteiger partial charge in [-0.2, -0.15) is 0 Å². The van der Waals surface area contributed by atoms with Crippen molar-refractivity contribution < 1.29 is 19.1 Å². The van der Waals surface area contributed by atoms with Gasteiger partial charge in [-0.1, -0.05) is 11.8 Å². The molecule has 1 aromatic rings. The zero-order valence-electron chi connectivity index (χ0n) is 15.4. The first-order valence-electron chi connectivity index (χ1n) is 8.60. The third-order valence-corrected chi connectivity index (χ3v) is 5.20. The van der Waals surface area contributed by atoms with Gasteiger partial charge in [-0.05, 0) is 24.3 Å². The molecule has 2 aliphatic heterocycles. The summed E-state index contributed by atoms with van der Waals surface area (Å²) in [6.45, 7) is 3.50. The SMILES string of the molecule is COC(=O)COc1ccc(N(C)C(=O)N2CSC(N3CCNCC3)=N2)cc1. The minimum absolute atomic E-state index is 0.154. The predicted molar refractivity (Wildman–Crippen MR) is 104 cm³/mol. The molecule has 1 aromatic carbocycles. The van der Waals surface area contributed by atoms with E-state index in [1.165, 1.54) is 17.0 Å². The zero-order valence-corrected chi connectivity index (χ0v) is 16.2. The van der Waals surface area contributed by atoms with Gasteiger partial charge in [0.25, 0.3) is 0 Å². The number of piperazine rings is 1. The lowest BCUT2D eigenvalue weighted by atomic mass is 10.3. The Morgan fingerprint density at radius 1 is 1.26 bits per heavy atom. The average Bonchev–Trinajstić information content (AvgIpc) is 3.22. The van der Waals surface area contributed by atoms with Gasteiger partial charge in [-0.3, -0.25) is 4.90 Å². The highest BCUT2D eigenvalue weighted by molar-refractivity contribution is 8.14. The number of anilines is 1. The summed E-state index contributed by atoms with van der Waals surface area (Å²) in [5.74, 6) is 0.583. The highest BCUT2D eigenvalue weighted by Crippen LogP contribution is 2.24. The van der Waals surface area contributed by atoms with Gasteiger partial charge in [0.2, 0.25) is 0 Å². The quantitative estimate of drug-likeness (QED) is 0.763. The summed E-state index contributed by atoms with van der Waals surface area (Å²) in [7, 11) is 3.01. The Hall–Kier alpha value is -2.46. The van der Waals surface area contributed by atoms with Crippen LogP contribution in [0, 0.1) is 0 Å². The highest BCUT2D eigenvalue weighted by atomic mass is 32.2. The van der Waals surface area contributed by atoms with Crippen LogP contribution in [-0.4, -0.2) is 79.9 Å². The number of hydrogen-bond donors (Lipinski definition) is 1. The van der Waals surface area contributed by atoms with Crippen molar-refractivity contribution in [2.45, 2.75) is 0 Å². The van der Waals surface area contributed by atoms with Crippen molar-refractivity contribution in [3.8, 4) is 5.75 Å². The van der Waals surface area contributed by atoms with Crippen molar-refractivity contribution in [2.75, 3.05) is 57.7 Å². The largest absolute Gasteiger partial charge is 0.482 e. The molecule has 1 N–H and O–H groups in total. The van der Waals surface area contributed by atoms with Crippen LogP contribution in [0.3, 0.4) is 0 Å². The van der Waals surface area contributed by atoms with Crippen LogP contribution >= 0.6 is 11.8 Å². The van der Waals surface area contributed by atoms with Gasteiger partial charge in [-0.25, -0.2) is 14.6 Å². The number of carbonyl (C=O) groups excluding carboxylic acids is 2. The molecule has 3 rings (SSSR count). The molecule has 146 valence electrons. The number of nitrogens with one attached hydrogen (secondary N) is 1. The van der Waals surface area contributed by atoms with E-state index < -0.39 is 5.97 Å². The number of hydrogen-bond acceptors (Lipinski definition) is 8. The van der Waals surface area contributed by atoms with Gasteiger partial charge in [0.05, 0.1) is 13.0 Å². The number of carbonyl (C=O) groups is 2. The van der Waals surface area contributed by atoms with Crippen molar-refractivity contribution in [1.82, 2.24) is 15.2 Å². The van der Waals surface area contributed by atoms with E-state index >= 15 is 0 Å². The monoisotopic (exact) mass is 393 g/mol. The Morgan fingerprint density at radius 2 is 1.96 bits per heavy atom. The molecule has 0 aromatic heterocycles. The molecule has 0 atom stereocenters. The maximum Gasteiger partial charge on any atom is 0.345 e. The maximum atomic E-state index is 12.7. The third kappa shape index (κ3) is 4.83. The van der Waals surface area contributed by atoms with E-state index in [1.807, 2.05) is 0 Å². The summed E-state index contributed by atoms with van der Waals surface area (Å²) in [6, 6.07) is 6.73. The summed E-state index contributed by atoms with van der Waals surface area (Å²) in [4.78, 5) is 27.6. The molecule has 2 amide bonds. The number of amides is 2. The Morgan fingerprint density at radius 3 is 2.63 bits per heavy atom. The van der Waals surface area contributed by atoms with Crippen LogP contribution in [0.15, 0.2) is 29.4 Å². The smallest absolute Gasteiger partial charge is 0.345 e. The lowest BCUT2D eigenvalue weighted by molar-refractivity contribution is -0.142. The number of rotatable bonds is 4. The molecule has 27 heavy (non-hydrogen) atoms. The van der Waals surface area contributed by atoms with E-state index in [4.69, 9.17) is 4.74 Å². The first-order valence-corrected chi connectivity index (χ1v) is 9.59. The van der Waals surface area contributed by atoms with Gasteiger partial charge in [0.15, 0.2) is 11.8 Å². The lowest BCUT2D eigenvalue weighted by Crippen LogP contribution is -2.45. The first-order chi connectivity index (χ1) is 13.1. The summed E-state index contributed by atoms with van der Waals surface area (Å²) >= 11 is 1.57. The number of esters is 1. The van der Waals surface area contributed by atoms with E-state index in [2.05, 4.69) is 20.1 Å². The molecule has 0 saturated carbocycles. The second-order valence-electron chi connectivity index (χ2n) is 5.99. The minimum Gasteiger partial charge on any atom is -0.482 e. The molecule has 10 heteroatoms. The van der Waals surface area contributed by atoms with E-state index in [0.717, 1.165) is 31.3 Å². The summed E-state index contributed by atoms with van der Waals surface area (Å²) in [5, 5.41) is 10.2. The van der Waals surface area contributed by atoms with Crippen LogP contribution in [0.5, 0.6) is 5.75 Å². The molecule has 1 fully saturated rings. The second-order valence-corrected chi connectivity index (χ2v) is 6.90. The number of hydrazone groups is 1. The second kappa shape index (κ2) is 8.96. The van der Waals surface area contributed by atoms with Crippen LogP contribution in [0.4, 0.5) is 10.5 Å². The molecule has 0 bridgehead atoms. The van der Waals surface area contributed by atoms with E-state index in [0.29, 0.717) is 17.3 Å². The maximum absolute atomic E-state index is 12.7. The Labute approximate surface area is 162 Å². The zero-order chi connectivity index (χ0) is 19.2. The van der Waals surface area contributed by atoms with Gasteiger partial charge >= 0.3 is 12.0 Å². The number of benzene rings is 1. The summed E-state index contributed by atoms with van der Waals surface area (Å²) in [5.41, 5.74) is 0.709. The Balaban J connectivity index is 1.58. The molecule has 2 heterocycles. The van der Waals surface area contributed by atoms with Crippen LogP contribution < -0.4 is 15.0 Å². The fourth-order valence-electron chi connectivity index (χ4n) is 2.64. The lowest BCUT2D eigenvalue weighted by Gasteiger charge is -2.27. The number of methoxy groups -OCH3 is 1. The minimum atomic E-state index is -0.448. The molecule has 0 aliphatic carbocycles. The molecule has 9 nitrogen and oxygen atoms in total. The molecular formula is C17H23N5O4S. The van der Waals surface area contributed by atoms with Gasteiger partial charge in [-0.15, -0.1) is 5.10 Å². The Kier molecular flexibility index (Phi) is 6.40. The van der Waals surface area contributed by atoms with Crippen LogP contribution in [0.2, 0.25) is 0 Å². The summed E-state index contributed by atoms with van der Waals surface area (Å²) in [6.07, 6.45) is 0. The van der Waals surface area contributed by atoms with E-state index in [9.17, 15) is 9.59 Å². The molecule has 0 unspecified atom stereocenters. The molecular weight excluding hydrogens is 370 g/mol. The number of urea groups is 1. The van der Waals surface area contributed by atoms with E-state index in [-0.39, 0.29) is 12.6 Å². The average molecular weight is 393 g/mol. The van der Waals surface area contributed by atoms with Crippen LogP contribution in [-0.2, 0) is 9.53 Å². The highest BCUT2D eigenvalue weighted by Gasteiger charge is 2.28. The molecule has 1 saturated heterocycles. The van der Waals surface area contributed by atoms with Gasteiger partial charge < -0.3 is 19.7 Å². The van der Waals surface area contributed by atoms with Crippen molar-refractivity contribution in [3.63, 3.8) is 0 Å². The first kappa shape index (κ1) is 19.3. The third-order valence-electron chi connectivity index (χ3n) is 4.23. The number of nitrogens with zero attached hydrogens (tertiary/aromatic N) is 4. The van der Waals surface area contributed by atoms with Crippen LogP contribution in [0.1, 0.15) is 0 Å². The van der Waals surface area contributed by atoms with Crippen molar-refractivity contribution in [2.24, 2.45) is 5.10 Å². The topological polar surface area (TPSA) is 86.7 Å². The van der Waals surface area contributed by atoms with Gasteiger partial charge in [0, 0.05) is 38.9 Å². The van der Waals surface area contributed by atoms with Crippen molar-refractivity contribution in [1.29, 1.82) is 0 Å².